The van der Waals surface area contributed by atoms with Crippen LogP contribution < -0.4 is 10.6 Å². The Morgan fingerprint density at radius 3 is 2.17 bits per heavy atom. The molecule has 2 N–H and O–H groups in total. The number of rotatable bonds is 3. The maximum Gasteiger partial charge on any atom is 0.242 e. The lowest BCUT2D eigenvalue weighted by Crippen LogP contribution is -2.50. The van der Waals surface area contributed by atoms with E-state index in [2.05, 4.69) is 10.6 Å². The normalized spacial score (nSPS) is 19.1. The molecule has 0 bridgehead atoms. The predicted molar refractivity (Wildman–Crippen MR) is 72.1 cm³/mol. The smallest absolute Gasteiger partial charge is 0.242 e. The maximum atomic E-state index is 11.9. The minimum atomic E-state index is -0.460. The molecule has 0 aliphatic heterocycles. The molecular weight excluding hydrogens is 228 g/mol. The van der Waals surface area contributed by atoms with Crippen molar-refractivity contribution in [3.63, 3.8) is 0 Å². The molecule has 0 spiro atoms. The molecule has 0 aromatic heterocycles. The van der Waals surface area contributed by atoms with Gasteiger partial charge in [-0.3, -0.25) is 9.59 Å². The van der Waals surface area contributed by atoms with E-state index < -0.39 is 11.5 Å². The van der Waals surface area contributed by atoms with Crippen molar-refractivity contribution in [1.29, 1.82) is 0 Å². The molecule has 0 saturated heterocycles. The van der Waals surface area contributed by atoms with Crippen LogP contribution in [0.5, 0.6) is 0 Å². The van der Waals surface area contributed by atoms with Crippen molar-refractivity contribution in [2.45, 2.75) is 71.9 Å². The zero-order valence-corrected chi connectivity index (χ0v) is 12.0. The van der Waals surface area contributed by atoms with Crippen molar-refractivity contribution in [3.8, 4) is 0 Å². The number of hydrogen-bond donors (Lipinski definition) is 2. The number of carbonyl (C=O) groups excluding carboxylic acids is 2. The first-order valence-corrected chi connectivity index (χ1v) is 6.92. The van der Waals surface area contributed by atoms with Crippen LogP contribution in [0.2, 0.25) is 0 Å². The van der Waals surface area contributed by atoms with Crippen LogP contribution >= 0.6 is 0 Å². The van der Waals surface area contributed by atoms with Gasteiger partial charge < -0.3 is 10.6 Å². The molecule has 0 radical (unpaired) electrons. The molecule has 4 nitrogen and oxygen atoms in total. The van der Waals surface area contributed by atoms with Crippen molar-refractivity contribution in [1.82, 2.24) is 10.6 Å². The molecule has 1 saturated carbocycles. The summed E-state index contributed by atoms with van der Waals surface area (Å²) >= 11 is 0. The van der Waals surface area contributed by atoms with Gasteiger partial charge in [0.15, 0.2) is 0 Å². The second-order valence-electron chi connectivity index (χ2n) is 6.29. The molecule has 1 aliphatic carbocycles. The SMILES string of the molecule is C[C@@H](NC(=O)C(C)(C)C)C(=O)NC1CCCCC1. The van der Waals surface area contributed by atoms with Crippen LogP contribution in [0, 0.1) is 5.41 Å². The molecule has 1 rings (SSSR count). The third-order valence-electron chi connectivity index (χ3n) is 3.37. The third-order valence-corrected chi connectivity index (χ3v) is 3.37. The molecule has 1 atom stereocenters. The fourth-order valence-electron chi connectivity index (χ4n) is 2.05. The van der Waals surface area contributed by atoms with E-state index in [1.165, 1.54) is 19.3 Å². The lowest BCUT2D eigenvalue weighted by molar-refractivity contribution is -0.133. The molecule has 1 fully saturated rings. The van der Waals surface area contributed by atoms with Gasteiger partial charge in [0.1, 0.15) is 6.04 Å². The number of nitrogens with one attached hydrogen (secondary N) is 2. The van der Waals surface area contributed by atoms with Crippen LogP contribution in [0.15, 0.2) is 0 Å². The van der Waals surface area contributed by atoms with Gasteiger partial charge in [0.2, 0.25) is 11.8 Å². The first-order chi connectivity index (χ1) is 8.30. The molecule has 0 aromatic carbocycles. The van der Waals surface area contributed by atoms with Crippen molar-refractivity contribution < 1.29 is 9.59 Å². The van der Waals surface area contributed by atoms with E-state index in [0.29, 0.717) is 6.04 Å². The average Bonchev–Trinajstić information content (AvgIpc) is 2.28. The average molecular weight is 254 g/mol. The Kier molecular flexibility index (Phi) is 5.17. The topological polar surface area (TPSA) is 58.2 Å². The van der Waals surface area contributed by atoms with E-state index in [1.807, 2.05) is 20.8 Å². The summed E-state index contributed by atoms with van der Waals surface area (Å²) in [5.41, 5.74) is -0.459. The van der Waals surface area contributed by atoms with Gasteiger partial charge >= 0.3 is 0 Å². The summed E-state index contributed by atoms with van der Waals surface area (Å²) in [6.07, 6.45) is 5.77. The van der Waals surface area contributed by atoms with Crippen LogP contribution in [0.25, 0.3) is 0 Å². The third kappa shape index (κ3) is 4.67. The minimum Gasteiger partial charge on any atom is -0.352 e. The lowest BCUT2D eigenvalue weighted by Gasteiger charge is -2.26. The molecule has 1 aliphatic rings. The Hall–Kier alpha value is -1.06. The number of carbonyl (C=O) groups is 2. The largest absolute Gasteiger partial charge is 0.352 e. The van der Waals surface area contributed by atoms with Crippen LogP contribution in [-0.2, 0) is 9.59 Å². The molecular formula is C14H26N2O2. The summed E-state index contributed by atoms with van der Waals surface area (Å²) in [7, 11) is 0. The molecule has 2 amide bonds. The highest BCUT2D eigenvalue weighted by Gasteiger charge is 2.26. The highest BCUT2D eigenvalue weighted by molar-refractivity contribution is 5.89. The Labute approximate surface area is 110 Å². The van der Waals surface area contributed by atoms with E-state index in [-0.39, 0.29) is 11.8 Å². The van der Waals surface area contributed by atoms with E-state index in [9.17, 15) is 9.59 Å². The molecule has 0 heterocycles. The first kappa shape index (κ1) is 15.0. The van der Waals surface area contributed by atoms with E-state index in [4.69, 9.17) is 0 Å². The van der Waals surface area contributed by atoms with Crippen molar-refractivity contribution in [3.05, 3.63) is 0 Å². The van der Waals surface area contributed by atoms with Crippen molar-refractivity contribution in [2.75, 3.05) is 0 Å². The van der Waals surface area contributed by atoms with Gasteiger partial charge in [-0.25, -0.2) is 0 Å². The Balaban J connectivity index is 2.39. The van der Waals surface area contributed by atoms with E-state index >= 15 is 0 Å². The fourth-order valence-corrected chi connectivity index (χ4v) is 2.05. The van der Waals surface area contributed by atoms with Gasteiger partial charge in [-0.05, 0) is 19.8 Å². The summed E-state index contributed by atoms with van der Waals surface area (Å²) in [5, 5.41) is 5.78. The van der Waals surface area contributed by atoms with E-state index in [1.54, 1.807) is 6.92 Å². The summed E-state index contributed by atoms with van der Waals surface area (Å²) in [6.45, 7) is 7.26. The lowest BCUT2D eigenvalue weighted by atomic mass is 9.94. The molecule has 18 heavy (non-hydrogen) atoms. The van der Waals surface area contributed by atoms with Crippen molar-refractivity contribution >= 4 is 11.8 Å². The van der Waals surface area contributed by atoms with Gasteiger partial charge in [-0.1, -0.05) is 40.0 Å². The van der Waals surface area contributed by atoms with Crippen LogP contribution in [0.3, 0.4) is 0 Å². The van der Waals surface area contributed by atoms with Gasteiger partial charge in [0.05, 0.1) is 0 Å². The summed E-state index contributed by atoms with van der Waals surface area (Å²) in [5.74, 6) is -0.159. The highest BCUT2D eigenvalue weighted by Crippen LogP contribution is 2.17. The molecule has 4 heteroatoms. The second-order valence-corrected chi connectivity index (χ2v) is 6.29. The first-order valence-electron chi connectivity index (χ1n) is 6.92. The fraction of sp³-hybridized carbons (Fsp3) is 0.857. The molecule has 0 aromatic rings. The van der Waals surface area contributed by atoms with Crippen molar-refractivity contribution in [2.24, 2.45) is 5.41 Å². The maximum absolute atomic E-state index is 11.9. The summed E-state index contributed by atoms with van der Waals surface area (Å²) in [6, 6.07) is -0.168. The quantitative estimate of drug-likeness (QED) is 0.809. The zero-order chi connectivity index (χ0) is 13.8. The number of hydrogen-bond acceptors (Lipinski definition) is 2. The summed E-state index contributed by atoms with van der Waals surface area (Å²) in [4.78, 5) is 23.7. The van der Waals surface area contributed by atoms with Gasteiger partial charge in [-0.15, -0.1) is 0 Å². The summed E-state index contributed by atoms with van der Waals surface area (Å²) < 4.78 is 0. The monoisotopic (exact) mass is 254 g/mol. The van der Waals surface area contributed by atoms with Crippen LogP contribution in [0.4, 0.5) is 0 Å². The second kappa shape index (κ2) is 6.21. The molecule has 0 unspecified atom stereocenters. The minimum absolute atomic E-state index is 0.0699. The van der Waals surface area contributed by atoms with Crippen LogP contribution in [-0.4, -0.2) is 23.9 Å². The Morgan fingerprint density at radius 2 is 1.67 bits per heavy atom. The van der Waals surface area contributed by atoms with E-state index in [0.717, 1.165) is 12.8 Å². The highest BCUT2D eigenvalue weighted by atomic mass is 16.2. The Morgan fingerprint density at radius 1 is 1.11 bits per heavy atom. The van der Waals surface area contributed by atoms with Gasteiger partial charge in [0, 0.05) is 11.5 Å². The Bertz CT molecular complexity index is 301. The molecule has 104 valence electrons. The zero-order valence-electron chi connectivity index (χ0n) is 12.0. The predicted octanol–water partition coefficient (Wildman–Crippen LogP) is 1.99. The standard InChI is InChI=1S/C14H26N2O2/c1-10(15-13(18)14(2,3)4)12(17)16-11-8-6-5-7-9-11/h10-11H,5-9H2,1-4H3,(H,15,18)(H,16,17)/t10-/m1/s1. The van der Waals surface area contributed by atoms with Gasteiger partial charge in [-0.2, -0.15) is 0 Å². The van der Waals surface area contributed by atoms with Gasteiger partial charge in [0.25, 0.3) is 0 Å². The number of amides is 2. The van der Waals surface area contributed by atoms with Crippen LogP contribution in [0.1, 0.15) is 59.8 Å².